The maximum atomic E-state index is 11.9. The number of aliphatic hydroxyl groups excluding tert-OH is 1. The van der Waals surface area contributed by atoms with Gasteiger partial charge in [-0.1, -0.05) is 12.1 Å². The van der Waals surface area contributed by atoms with Crippen LogP contribution in [-0.2, 0) is 4.79 Å². The van der Waals surface area contributed by atoms with Crippen LogP contribution in [0.15, 0.2) is 24.3 Å². The third-order valence-corrected chi connectivity index (χ3v) is 4.00. The zero-order valence-corrected chi connectivity index (χ0v) is 13.4. The number of aliphatic hydroxyl groups is 1. The number of carbonyl (C=O) groups excluding carboxylic acids is 1. The predicted octanol–water partition coefficient (Wildman–Crippen LogP) is 1.34. The minimum atomic E-state index is -0.708. The normalized spacial score (nSPS) is 19.9. The smallest absolute Gasteiger partial charge is 0.234 e. The van der Waals surface area contributed by atoms with Crippen LogP contribution in [0.25, 0.3) is 0 Å². The molecule has 2 unspecified atom stereocenters. The zero-order chi connectivity index (χ0) is 15.9. The largest absolute Gasteiger partial charge is 0.491 e. The maximum absolute atomic E-state index is 11.9. The molecular formula is C17H26N2O3. The molecule has 5 nitrogen and oxygen atoms in total. The summed E-state index contributed by atoms with van der Waals surface area (Å²) in [6, 6.07) is 8.15. The number of aryl methyl sites for hydroxylation is 1. The molecule has 1 saturated heterocycles. The van der Waals surface area contributed by atoms with E-state index in [9.17, 15) is 9.90 Å². The second kappa shape index (κ2) is 8.15. The van der Waals surface area contributed by atoms with Gasteiger partial charge in [0.05, 0.1) is 6.54 Å². The van der Waals surface area contributed by atoms with E-state index >= 15 is 0 Å². The predicted molar refractivity (Wildman–Crippen MR) is 86.0 cm³/mol. The lowest BCUT2D eigenvalue weighted by Gasteiger charge is -2.20. The molecule has 1 aromatic carbocycles. The first kappa shape index (κ1) is 16.8. The number of likely N-dealkylation sites (tertiary alicyclic amines) is 1. The SMILES string of the molecule is Cc1cccc(OCC(O)CNC(=O)CN2CCCC2C)c1. The van der Waals surface area contributed by atoms with Crippen molar-refractivity contribution in [3.8, 4) is 5.75 Å². The molecule has 0 spiro atoms. The molecule has 1 amide bonds. The molecule has 1 heterocycles. The van der Waals surface area contributed by atoms with Crippen LogP contribution >= 0.6 is 0 Å². The average molecular weight is 306 g/mol. The molecule has 1 aliphatic rings. The van der Waals surface area contributed by atoms with E-state index in [-0.39, 0.29) is 19.1 Å². The van der Waals surface area contributed by atoms with Gasteiger partial charge in [-0.2, -0.15) is 0 Å². The van der Waals surface area contributed by atoms with Gasteiger partial charge >= 0.3 is 0 Å². The van der Waals surface area contributed by atoms with Crippen molar-refractivity contribution in [2.45, 2.75) is 38.8 Å². The van der Waals surface area contributed by atoms with Gasteiger partial charge in [0, 0.05) is 12.6 Å². The summed E-state index contributed by atoms with van der Waals surface area (Å²) in [5.74, 6) is 0.694. The van der Waals surface area contributed by atoms with E-state index in [1.807, 2.05) is 31.2 Å². The van der Waals surface area contributed by atoms with Gasteiger partial charge in [0.2, 0.25) is 5.91 Å². The van der Waals surface area contributed by atoms with Crippen LogP contribution in [0.5, 0.6) is 5.75 Å². The minimum Gasteiger partial charge on any atom is -0.491 e. The van der Waals surface area contributed by atoms with E-state index < -0.39 is 6.10 Å². The lowest BCUT2D eigenvalue weighted by Crippen LogP contribution is -2.42. The molecule has 0 bridgehead atoms. The van der Waals surface area contributed by atoms with Crippen LogP contribution in [0, 0.1) is 6.92 Å². The van der Waals surface area contributed by atoms with Crippen LogP contribution < -0.4 is 10.1 Å². The first-order valence-electron chi connectivity index (χ1n) is 7.93. The lowest BCUT2D eigenvalue weighted by atomic mass is 10.2. The van der Waals surface area contributed by atoms with Gasteiger partial charge < -0.3 is 15.2 Å². The highest BCUT2D eigenvalue weighted by Crippen LogP contribution is 2.15. The number of ether oxygens (including phenoxy) is 1. The van der Waals surface area contributed by atoms with Gasteiger partial charge in [0.1, 0.15) is 18.5 Å². The van der Waals surface area contributed by atoms with E-state index in [4.69, 9.17) is 4.74 Å². The van der Waals surface area contributed by atoms with Crippen molar-refractivity contribution in [3.05, 3.63) is 29.8 Å². The zero-order valence-electron chi connectivity index (χ0n) is 13.4. The summed E-state index contributed by atoms with van der Waals surface area (Å²) < 4.78 is 5.52. The molecule has 0 radical (unpaired) electrons. The Balaban J connectivity index is 1.64. The van der Waals surface area contributed by atoms with Crippen molar-refractivity contribution in [1.82, 2.24) is 10.2 Å². The molecule has 5 heteroatoms. The van der Waals surface area contributed by atoms with Crippen LogP contribution in [0.2, 0.25) is 0 Å². The Kier molecular flexibility index (Phi) is 6.21. The molecule has 122 valence electrons. The standard InChI is InChI=1S/C17H26N2O3/c1-13-5-3-7-16(9-13)22-12-15(20)10-18-17(21)11-19-8-4-6-14(19)2/h3,5,7,9,14-15,20H,4,6,8,10-12H2,1-2H3,(H,18,21). The first-order valence-corrected chi connectivity index (χ1v) is 7.93. The monoisotopic (exact) mass is 306 g/mol. The quantitative estimate of drug-likeness (QED) is 0.798. The van der Waals surface area contributed by atoms with Crippen LogP contribution in [0.3, 0.4) is 0 Å². The van der Waals surface area contributed by atoms with Gasteiger partial charge in [0.15, 0.2) is 0 Å². The molecule has 1 aromatic rings. The van der Waals surface area contributed by atoms with E-state index in [1.165, 1.54) is 0 Å². The summed E-state index contributed by atoms with van der Waals surface area (Å²) in [5, 5.41) is 12.7. The van der Waals surface area contributed by atoms with Gasteiger partial charge in [-0.3, -0.25) is 9.69 Å². The maximum Gasteiger partial charge on any atom is 0.234 e. The number of nitrogens with one attached hydrogen (secondary N) is 1. The average Bonchev–Trinajstić information content (AvgIpc) is 2.88. The number of nitrogens with zero attached hydrogens (tertiary/aromatic N) is 1. The topological polar surface area (TPSA) is 61.8 Å². The summed E-state index contributed by atoms with van der Waals surface area (Å²) >= 11 is 0. The Morgan fingerprint density at radius 2 is 2.36 bits per heavy atom. The van der Waals surface area contributed by atoms with Crippen molar-refractivity contribution in [2.75, 3.05) is 26.2 Å². The van der Waals surface area contributed by atoms with Gasteiger partial charge in [0.25, 0.3) is 0 Å². The fourth-order valence-corrected chi connectivity index (χ4v) is 2.66. The van der Waals surface area contributed by atoms with Crippen molar-refractivity contribution < 1.29 is 14.6 Å². The molecule has 1 fully saturated rings. The molecule has 2 rings (SSSR count). The molecule has 1 aliphatic heterocycles. The molecule has 0 saturated carbocycles. The molecule has 2 N–H and O–H groups in total. The van der Waals surface area contributed by atoms with Crippen LogP contribution in [-0.4, -0.2) is 54.3 Å². The van der Waals surface area contributed by atoms with Gasteiger partial charge in [-0.05, 0) is 50.9 Å². The summed E-state index contributed by atoms with van der Waals surface area (Å²) in [6.07, 6.45) is 1.60. The Labute approximate surface area is 132 Å². The Morgan fingerprint density at radius 1 is 1.55 bits per heavy atom. The van der Waals surface area contributed by atoms with E-state index in [2.05, 4.69) is 17.1 Å². The summed E-state index contributed by atoms with van der Waals surface area (Å²) in [7, 11) is 0. The van der Waals surface area contributed by atoms with E-state index in [0.717, 1.165) is 30.7 Å². The second-order valence-electron chi connectivity index (χ2n) is 6.05. The molecule has 0 aliphatic carbocycles. The van der Waals surface area contributed by atoms with Crippen molar-refractivity contribution in [1.29, 1.82) is 0 Å². The van der Waals surface area contributed by atoms with E-state index in [1.54, 1.807) is 0 Å². The first-order chi connectivity index (χ1) is 10.5. The van der Waals surface area contributed by atoms with E-state index in [0.29, 0.717) is 12.6 Å². The summed E-state index contributed by atoms with van der Waals surface area (Å²) in [4.78, 5) is 14.0. The molecule has 22 heavy (non-hydrogen) atoms. The fraction of sp³-hybridized carbons (Fsp3) is 0.588. The molecule has 0 aromatic heterocycles. The Morgan fingerprint density at radius 3 is 3.05 bits per heavy atom. The number of hydrogen-bond donors (Lipinski definition) is 2. The third-order valence-electron chi connectivity index (χ3n) is 4.00. The van der Waals surface area contributed by atoms with Gasteiger partial charge in [-0.25, -0.2) is 0 Å². The number of hydrogen-bond acceptors (Lipinski definition) is 4. The van der Waals surface area contributed by atoms with Crippen molar-refractivity contribution in [3.63, 3.8) is 0 Å². The third kappa shape index (κ3) is 5.31. The fourth-order valence-electron chi connectivity index (χ4n) is 2.66. The summed E-state index contributed by atoms with van der Waals surface area (Å²) in [6.45, 7) is 5.91. The van der Waals surface area contributed by atoms with Crippen LogP contribution in [0.1, 0.15) is 25.3 Å². The van der Waals surface area contributed by atoms with Crippen molar-refractivity contribution in [2.24, 2.45) is 0 Å². The highest BCUT2D eigenvalue weighted by atomic mass is 16.5. The molecule has 2 atom stereocenters. The number of carbonyl (C=O) groups is 1. The second-order valence-corrected chi connectivity index (χ2v) is 6.05. The summed E-state index contributed by atoms with van der Waals surface area (Å²) in [5.41, 5.74) is 1.11. The number of rotatable bonds is 7. The van der Waals surface area contributed by atoms with Gasteiger partial charge in [-0.15, -0.1) is 0 Å². The molecular weight excluding hydrogens is 280 g/mol. The highest BCUT2D eigenvalue weighted by Gasteiger charge is 2.22. The Hall–Kier alpha value is -1.59. The van der Waals surface area contributed by atoms with Crippen LogP contribution in [0.4, 0.5) is 0 Å². The number of benzene rings is 1. The number of amides is 1. The Bertz CT molecular complexity index is 493. The van der Waals surface area contributed by atoms with Crippen molar-refractivity contribution >= 4 is 5.91 Å². The minimum absolute atomic E-state index is 0.0386. The highest BCUT2D eigenvalue weighted by molar-refractivity contribution is 5.78. The lowest BCUT2D eigenvalue weighted by molar-refractivity contribution is -0.122.